The Morgan fingerprint density at radius 1 is 0.786 bits per heavy atom. The number of nitrogens with two attached hydrogens (primary N) is 3. The molecule has 22 nitrogen and oxygen atoms in total. The van der Waals surface area contributed by atoms with Crippen molar-refractivity contribution in [3.05, 3.63) is 35.9 Å². The fourth-order valence-electron chi connectivity index (χ4n) is 5.98. The third-order valence-electron chi connectivity index (χ3n) is 9.00. The van der Waals surface area contributed by atoms with Gasteiger partial charge in [0, 0.05) is 26.1 Å². The van der Waals surface area contributed by atoms with Crippen molar-refractivity contribution in [3.8, 4) is 0 Å². The minimum absolute atomic E-state index is 0.00581. The van der Waals surface area contributed by atoms with Crippen molar-refractivity contribution in [2.75, 3.05) is 26.2 Å². The number of rotatable bonds is 15. The van der Waals surface area contributed by atoms with Crippen LogP contribution in [0.4, 0.5) is 0 Å². The topological polar surface area (TPSA) is 372 Å². The Kier molecular flexibility index (Phi) is 17.8. The van der Waals surface area contributed by atoms with Crippen molar-refractivity contribution >= 4 is 47.4 Å². The summed E-state index contributed by atoms with van der Waals surface area (Å²) in [4.78, 5) is 95.4. The van der Waals surface area contributed by atoms with Gasteiger partial charge in [-0.1, -0.05) is 30.3 Å². The second-order valence-corrected chi connectivity index (χ2v) is 13.3. The SMILES string of the molecule is NC[C@@H]1O[C@@H](C(=O)NCCCC[C@@H]2NC(=O)[C@@H](Cc3ccccc3)NC(=O)[C@@H](CC(=O)O)NC(=O)CNC(=O)[C@H](CCCN=C(N)N)NC2=O)[C@H](O)[C@@H](O)[C@@H]1O. The standard InChI is InChI=1S/C34H52N10O12/c35-15-22-25(48)26(49)27(50)28(56-22)33(55)38-11-5-4-9-19-30(52)42-18(10-6-12-39-34(36)37)29(51)40-16-23(45)41-21(14-24(46)47)32(54)44-20(31(53)43-19)13-17-7-2-1-3-8-17/h1-3,7-8,18-22,25-28,48-50H,4-6,9-16,35H2,(H,38,55)(H,40,51)(H,41,45)(H,42,52)(H,43,53)(H,44,54)(H,46,47)(H4,36,37,39)/t18-,19-,20+,21+,22-,25+,26-,27+,28+/m0/s1. The number of ether oxygens (including phenoxy) is 1. The number of aliphatic imine (C=N–C) groups is 1. The predicted octanol–water partition coefficient (Wildman–Crippen LogP) is -6.08. The first-order valence-corrected chi connectivity index (χ1v) is 18.1. The Bertz CT molecular complexity index is 1560. The molecule has 1 aromatic carbocycles. The van der Waals surface area contributed by atoms with Crippen LogP contribution in [0.3, 0.4) is 0 Å². The zero-order chi connectivity index (χ0) is 41.4. The molecule has 22 heteroatoms. The highest BCUT2D eigenvalue weighted by Gasteiger charge is 2.46. The van der Waals surface area contributed by atoms with Crippen molar-refractivity contribution in [1.82, 2.24) is 31.9 Å². The lowest BCUT2D eigenvalue weighted by atomic mass is 9.94. The number of unbranched alkanes of at least 4 members (excludes halogenated alkanes) is 1. The molecule has 6 amide bonds. The van der Waals surface area contributed by atoms with Gasteiger partial charge in [0.1, 0.15) is 42.5 Å². The summed E-state index contributed by atoms with van der Waals surface area (Å²) in [5.74, 6) is -6.75. The molecule has 1 aromatic rings. The van der Waals surface area contributed by atoms with E-state index in [1.165, 1.54) is 0 Å². The molecule has 16 N–H and O–H groups in total. The third-order valence-corrected chi connectivity index (χ3v) is 9.00. The second-order valence-electron chi connectivity index (χ2n) is 13.3. The van der Waals surface area contributed by atoms with Gasteiger partial charge < -0.3 is 74.3 Å². The van der Waals surface area contributed by atoms with E-state index in [-0.39, 0.29) is 64.1 Å². The van der Waals surface area contributed by atoms with Gasteiger partial charge in [0.2, 0.25) is 29.5 Å². The van der Waals surface area contributed by atoms with E-state index in [0.717, 1.165) is 0 Å². The molecule has 56 heavy (non-hydrogen) atoms. The molecule has 2 saturated heterocycles. The number of amides is 6. The third kappa shape index (κ3) is 14.0. The average molecular weight is 793 g/mol. The Morgan fingerprint density at radius 2 is 1.39 bits per heavy atom. The number of carbonyl (C=O) groups is 7. The molecule has 0 unspecified atom stereocenters. The number of carboxylic acid groups (broad SMARTS) is 1. The van der Waals surface area contributed by atoms with E-state index in [1.807, 2.05) is 0 Å². The number of carbonyl (C=O) groups excluding carboxylic acids is 6. The van der Waals surface area contributed by atoms with Crippen LogP contribution in [0.2, 0.25) is 0 Å². The number of aliphatic hydroxyl groups excluding tert-OH is 3. The van der Waals surface area contributed by atoms with Crippen LogP contribution in [-0.2, 0) is 44.7 Å². The predicted molar refractivity (Wildman–Crippen MR) is 196 cm³/mol. The number of aliphatic hydroxyl groups is 3. The summed E-state index contributed by atoms with van der Waals surface area (Å²) in [7, 11) is 0. The molecule has 0 aliphatic carbocycles. The molecule has 0 spiro atoms. The number of carboxylic acids is 1. The van der Waals surface area contributed by atoms with Gasteiger partial charge in [0.25, 0.3) is 5.91 Å². The summed E-state index contributed by atoms with van der Waals surface area (Å²) in [5.41, 5.74) is 16.9. The molecule has 0 aromatic heterocycles. The Balaban J connectivity index is 1.84. The van der Waals surface area contributed by atoms with Gasteiger partial charge >= 0.3 is 5.97 Å². The maximum atomic E-state index is 13.9. The molecule has 2 aliphatic rings. The van der Waals surface area contributed by atoms with E-state index in [2.05, 4.69) is 36.9 Å². The molecule has 3 rings (SSSR count). The van der Waals surface area contributed by atoms with Crippen LogP contribution >= 0.6 is 0 Å². The van der Waals surface area contributed by atoms with Crippen LogP contribution < -0.4 is 49.1 Å². The van der Waals surface area contributed by atoms with E-state index in [1.54, 1.807) is 30.3 Å². The Hall–Kier alpha value is -5.42. The minimum atomic E-state index is -1.73. The fraction of sp³-hybridized carbons (Fsp3) is 0.588. The number of nitrogens with zero attached hydrogens (tertiary/aromatic N) is 1. The van der Waals surface area contributed by atoms with E-state index in [9.17, 15) is 54.0 Å². The van der Waals surface area contributed by atoms with Crippen molar-refractivity contribution in [1.29, 1.82) is 0 Å². The zero-order valence-corrected chi connectivity index (χ0v) is 30.6. The Morgan fingerprint density at radius 3 is 2.04 bits per heavy atom. The van der Waals surface area contributed by atoms with Crippen molar-refractivity contribution in [2.45, 2.75) is 99.6 Å². The normalized spacial score (nSPS) is 27.9. The Labute approximate surface area is 321 Å². The molecule has 2 fully saturated rings. The van der Waals surface area contributed by atoms with Gasteiger partial charge in [-0.3, -0.25) is 38.6 Å². The first-order valence-electron chi connectivity index (χ1n) is 18.1. The summed E-state index contributed by atoms with van der Waals surface area (Å²) in [5, 5.41) is 54.8. The maximum Gasteiger partial charge on any atom is 0.305 e. The van der Waals surface area contributed by atoms with Crippen LogP contribution in [0.15, 0.2) is 35.3 Å². The zero-order valence-electron chi connectivity index (χ0n) is 30.6. The first kappa shape index (κ1) is 45.0. The lowest BCUT2D eigenvalue weighted by Crippen LogP contribution is -2.62. The van der Waals surface area contributed by atoms with Crippen molar-refractivity contribution in [2.24, 2.45) is 22.2 Å². The molecule has 0 radical (unpaired) electrons. The number of benzene rings is 1. The summed E-state index contributed by atoms with van der Waals surface area (Å²) >= 11 is 0. The van der Waals surface area contributed by atoms with Crippen LogP contribution in [-0.4, -0.2) is 149 Å². The molecule has 2 aliphatic heterocycles. The first-order chi connectivity index (χ1) is 26.6. The van der Waals surface area contributed by atoms with E-state index < -0.39 is 109 Å². The largest absolute Gasteiger partial charge is 0.481 e. The molecule has 2 heterocycles. The van der Waals surface area contributed by atoms with Gasteiger partial charge in [0.15, 0.2) is 12.1 Å². The smallest absolute Gasteiger partial charge is 0.305 e. The summed E-state index contributed by atoms with van der Waals surface area (Å²) < 4.78 is 5.39. The number of guanidine groups is 1. The molecular formula is C34H52N10O12. The monoisotopic (exact) mass is 792 g/mol. The number of hydrogen-bond acceptors (Lipinski definition) is 13. The molecule has 0 bridgehead atoms. The maximum absolute atomic E-state index is 13.9. The van der Waals surface area contributed by atoms with Crippen LogP contribution in [0.5, 0.6) is 0 Å². The van der Waals surface area contributed by atoms with Crippen LogP contribution in [0.1, 0.15) is 44.1 Å². The minimum Gasteiger partial charge on any atom is -0.481 e. The highest BCUT2D eigenvalue weighted by atomic mass is 16.5. The molecule has 9 atom stereocenters. The average Bonchev–Trinajstić information content (AvgIpc) is 3.15. The number of aliphatic carboxylic acids is 1. The molecule has 0 saturated carbocycles. The van der Waals surface area contributed by atoms with Crippen molar-refractivity contribution < 1.29 is 58.7 Å². The van der Waals surface area contributed by atoms with Crippen molar-refractivity contribution in [3.63, 3.8) is 0 Å². The highest BCUT2D eigenvalue weighted by molar-refractivity contribution is 5.98. The van der Waals surface area contributed by atoms with Crippen LogP contribution in [0, 0.1) is 0 Å². The van der Waals surface area contributed by atoms with Gasteiger partial charge in [-0.25, -0.2) is 0 Å². The van der Waals surface area contributed by atoms with Gasteiger partial charge in [-0.2, -0.15) is 0 Å². The van der Waals surface area contributed by atoms with E-state index in [0.29, 0.717) is 5.56 Å². The number of hydrogen-bond donors (Lipinski definition) is 13. The van der Waals surface area contributed by atoms with Gasteiger partial charge in [-0.15, -0.1) is 0 Å². The summed E-state index contributed by atoms with van der Waals surface area (Å²) in [6.45, 7) is -0.822. The molecular weight excluding hydrogens is 740 g/mol. The van der Waals surface area contributed by atoms with E-state index >= 15 is 0 Å². The second kappa shape index (κ2) is 22.2. The van der Waals surface area contributed by atoms with Gasteiger partial charge in [0.05, 0.1) is 19.1 Å². The van der Waals surface area contributed by atoms with E-state index in [4.69, 9.17) is 21.9 Å². The van der Waals surface area contributed by atoms with Gasteiger partial charge in [-0.05, 0) is 37.7 Å². The summed E-state index contributed by atoms with van der Waals surface area (Å²) in [6, 6.07) is 2.94. The lowest BCUT2D eigenvalue weighted by molar-refractivity contribution is -0.217. The fourth-order valence-corrected chi connectivity index (χ4v) is 5.98. The summed E-state index contributed by atoms with van der Waals surface area (Å²) in [6.07, 6.45) is -7.92. The number of nitrogens with one attached hydrogen (secondary N) is 6. The lowest BCUT2D eigenvalue weighted by Gasteiger charge is -2.39. The molecule has 310 valence electrons. The highest BCUT2D eigenvalue weighted by Crippen LogP contribution is 2.21. The van der Waals surface area contributed by atoms with Crippen LogP contribution in [0.25, 0.3) is 0 Å². The quantitative estimate of drug-likeness (QED) is 0.0447.